The molecule has 0 bridgehead atoms. The highest BCUT2D eigenvalue weighted by Crippen LogP contribution is 2.41. The molecule has 2 saturated carbocycles. The minimum atomic E-state index is 0.744. The Morgan fingerprint density at radius 3 is 2.19 bits per heavy atom. The Bertz CT molecular complexity index is 184. The van der Waals surface area contributed by atoms with Gasteiger partial charge in [-0.1, -0.05) is 71.1 Å². The summed E-state index contributed by atoms with van der Waals surface area (Å²) in [5.74, 6) is 1.13. The van der Waals surface area contributed by atoms with E-state index >= 15 is 0 Å². The predicted molar refractivity (Wildman–Crippen MR) is 71.6 cm³/mol. The van der Waals surface area contributed by atoms with E-state index in [1.54, 1.807) is 0 Å². The van der Waals surface area contributed by atoms with Crippen LogP contribution in [-0.2, 0) is 0 Å². The highest BCUT2D eigenvalue weighted by molar-refractivity contribution is 4.80. The van der Waals surface area contributed by atoms with Gasteiger partial charge in [0.25, 0.3) is 0 Å². The zero-order chi connectivity index (χ0) is 11.3. The maximum absolute atomic E-state index is 2.52. The van der Waals surface area contributed by atoms with E-state index in [2.05, 4.69) is 6.92 Å². The second-order valence-corrected chi connectivity index (χ2v) is 6.77. The van der Waals surface area contributed by atoms with Gasteiger partial charge < -0.3 is 0 Å². The van der Waals surface area contributed by atoms with E-state index in [0.717, 1.165) is 11.3 Å². The fraction of sp³-hybridized carbons (Fsp3) is 1.00. The lowest BCUT2D eigenvalue weighted by Crippen LogP contribution is -2.11. The summed E-state index contributed by atoms with van der Waals surface area (Å²) in [5, 5.41) is 0. The van der Waals surface area contributed by atoms with Gasteiger partial charge >= 0.3 is 0 Å². The van der Waals surface area contributed by atoms with Crippen LogP contribution in [0.25, 0.3) is 0 Å². The second-order valence-electron chi connectivity index (χ2n) is 6.77. The van der Waals surface area contributed by atoms with Crippen LogP contribution in [0.3, 0.4) is 0 Å². The monoisotopic (exact) mass is 222 g/mol. The molecule has 2 fully saturated rings. The third-order valence-corrected chi connectivity index (χ3v) is 5.18. The van der Waals surface area contributed by atoms with Gasteiger partial charge in [0.05, 0.1) is 0 Å². The Morgan fingerprint density at radius 2 is 1.56 bits per heavy atom. The smallest absolute Gasteiger partial charge is 0.0326 e. The lowest BCUT2D eigenvalue weighted by atomic mass is 9.81. The van der Waals surface area contributed by atoms with Crippen LogP contribution in [0.5, 0.6) is 0 Å². The molecule has 0 aromatic rings. The SMILES string of the molecule is CC1(CCCCCCC2CCC2)CCCC1. The van der Waals surface area contributed by atoms with Crippen molar-refractivity contribution >= 4 is 0 Å². The van der Waals surface area contributed by atoms with Gasteiger partial charge in [0, 0.05) is 0 Å². The summed E-state index contributed by atoms with van der Waals surface area (Å²) < 4.78 is 0. The Balaban J connectivity index is 1.42. The van der Waals surface area contributed by atoms with Crippen molar-refractivity contribution in [1.29, 1.82) is 0 Å². The van der Waals surface area contributed by atoms with Crippen LogP contribution in [0.1, 0.15) is 90.4 Å². The Labute approximate surface area is 102 Å². The first-order valence-electron chi connectivity index (χ1n) is 7.79. The number of hydrogen-bond acceptors (Lipinski definition) is 0. The van der Waals surface area contributed by atoms with Crippen LogP contribution in [0, 0.1) is 11.3 Å². The Hall–Kier alpha value is 0. The molecule has 16 heavy (non-hydrogen) atoms. The van der Waals surface area contributed by atoms with Gasteiger partial charge in [-0.3, -0.25) is 0 Å². The van der Waals surface area contributed by atoms with Gasteiger partial charge in [-0.15, -0.1) is 0 Å². The van der Waals surface area contributed by atoms with Crippen molar-refractivity contribution in [3.63, 3.8) is 0 Å². The molecule has 0 atom stereocenters. The summed E-state index contributed by atoms with van der Waals surface area (Å²) in [7, 11) is 0. The molecule has 0 radical (unpaired) electrons. The molecule has 0 aromatic carbocycles. The third kappa shape index (κ3) is 3.79. The fourth-order valence-electron chi connectivity index (χ4n) is 3.60. The molecular formula is C16H30. The normalized spacial score (nSPS) is 24.6. The minimum absolute atomic E-state index is 0.744. The first-order valence-corrected chi connectivity index (χ1v) is 7.79. The van der Waals surface area contributed by atoms with E-state index in [4.69, 9.17) is 0 Å². The van der Waals surface area contributed by atoms with Crippen LogP contribution in [0.15, 0.2) is 0 Å². The summed E-state index contributed by atoms with van der Waals surface area (Å²) in [4.78, 5) is 0. The minimum Gasteiger partial charge on any atom is -0.0596 e. The van der Waals surface area contributed by atoms with Gasteiger partial charge in [0.1, 0.15) is 0 Å². The van der Waals surface area contributed by atoms with E-state index in [1.807, 2.05) is 0 Å². The number of unbranched alkanes of at least 4 members (excludes halogenated alkanes) is 3. The van der Waals surface area contributed by atoms with Crippen molar-refractivity contribution in [2.75, 3.05) is 0 Å². The van der Waals surface area contributed by atoms with E-state index in [1.165, 1.54) is 83.5 Å². The summed E-state index contributed by atoms with van der Waals surface area (Å²) in [6, 6.07) is 0. The Kier molecular flexibility index (Phi) is 4.73. The predicted octanol–water partition coefficient (Wildman–Crippen LogP) is 5.71. The first-order chi connectivity index (χ1) is 7.79. The van der Waals surface area contributed by atoms with Gasteiger partial charge in [0.2, 0.25) is 0 Å². The van der Waals surface area contributed by atoms with Crippen molar-refractivity contribution in [2.45, 2.75) is 90.4 Å². The molecule has 0 unspecified atom stereocenters. The fourth-order valence-corrected chi connectivity index (χ4v) is 3.60. The van der Waals surface area contributed by atoms with Crippen LogP contribution >= 0.6 is 0 Å². The van der Waals surface area contributed by atoms with E-state index < -0.39 is 0 Å². The largest absolute Gasteiger partial charge is 0.0596 e. The van der Waals surface area contributed by atoms with Crippen LogP contribution in [0.4, 0.5) is 0 Å². The molecule has 0 heterocycles. The van der Waals surface area contributed by atoms with Gasteiger partial charge in [0.15, 0.2) is 0 Å². The van der Waals surface area contributed by atoms with Crippen molar-refractivity contribution in [3.05, 3.63) is 0 Å². The van der Waals surface area contributed by atoms with Gasteiger partial charge in [-0.05, 0) is 30.6 Å². The summed E-state index contributed by atoms with van der Waals surface area (Å²) >= 11 is 0. The summed E-state index contributed by atoms with van der Waals surface area (Å²) in [6.07, 6.45) is 19.7. The molecule has 0 N–H and O–H groups in total. The maximum atomic E-state index is 2.52. The summed E-state index contributed by atoms with van der Waals surface area (Å²) in [5.41, 5.74) is 0.744. The molecule has 0 aromatic heterocycles. The van der Waals surface area contributed by atoms with Crippen LogP contribution < -0.4 is 0 Å². The van der Waals surface area contributed by atoms with E-state index in [9.17, 15) is 0 Å². The standard InChI is InChI=1S/C16H30/c1-16(13-6-7-14-16)12-5-3-2-4-9-15-10-8-11-15/h15H,2-14H2,1H3. The molecule has 0 saturated heterocycles. The highest BCUT2D eigenvalue weighted by atomic mass is 14.3. The third-order valence-electron chi connectivity index (χ3n) is 5.18. The van der Waals surface area contributed by atoms with Crippen molar-refractivity contribution in [2.24, 2.45) is 11.3 Å². The molecule has 94 valence electrons. The molecule has 0 amide bonds. The second kappa shape index (κ2) is 6.07. The Morgan fingerprint density at radius 1 is 0.875 bits per heavy atom. The molecule has 0 aliphatic heterocycles. The first kappa shape index (κ1) is 12.5. The summed E-state index contributed by atoms with van der Waals surface area (Å²) in [6.45, 7) is 2.52. The van der Waals surface area contributed by atoms with Crippen molar-refractivity contribution in [3.8, 4) is 0 Å². The van der Waals surface area contributed by atoms with Crippen molar-refractivity contribution in [1.82, 2.24) is 0 Å². The lowest BCUT2D eigenvalue weighted by molar-refractivity contribution is 0.277. The molecule has 2 aliphatic rings. The molecule has 2 aliphatic carbocycles. The molecule has 0 spiro atoms. The lowest BCUT2D eigenvalue weighted by Gasteiger charge is -2.25. The van der Waals surface area contributed by atoms with Gasteiger partial charge in [-0.25, -0.2) is 0 Å². The van der Waals surface area contributed by atoms with E-state index in [0.29, 0.717) is 0 Å². The topological polar surface area (TPSA) is 0 Å². The average Bonchev–Trinajstić information content (AvgIpc) is 2.61. The van der Waals surface area contributed by atoms with Crippen LogP contribution in [0.2, 0.25) is 0 Å². The van der Waals surface area contributed by atoms with E-state index in [-0.39, 0.29) is 0 Å². The quantitative estimate of drug-likeness (QED) is 0.484. The molecule has 2 rings (SSSR count). The molecular weight excluding hydrogens is 192 g/mol. The number of rotatable bonds is 7. The maximum Gasteiger partial charge on any atom is -0.0326 e. The highest BCUT2D eigenvalue weighted by Gasteiger charge is 2.27. The zero-order valence-corrected chi connectivity index (χ0v) is 11.3. The average molecular weight is 222 g/mol. The van der Waals surface area contributed by atoms with Crippen LogP contribution in [-0.4, -0.2) is 0 Å². The number of hydrogen-bond donors (Lipinski definition) is 0. The zero-order valence-electron chi connectivity index (χ0n) is 11.3. The molecule has 0 nitrogen and oxygen atoms in total. The van der Waals surface area contributed by atoms with Gasteiger partial charge in [-0.2, -0.15) is 0 Å². The molecule has 0 heteroatoms. The van der Waals surface area contributed by atoms with Crippen molar-refractivity contribution < 1.29 is 0 Å².